The first-order chi connectivity index (χ1) is 13.8. The molecule has 1 fully saturated rings. The Balaban J connectivity index is 1.94. The molecule has 29 heavy (non-hydrogen) atoms. The van der Waals surface area contributed by atoms with E-state index in [0.29, 0.717) is 10.0 Å². The highest BCUT2D eigenvalue weighted by Gasteiger charge is 2.30. The van der Waals surface area contributed by atoms with E-state index in [0.717, 1.165) is 25.7 Å². The number of amides is 2. The Hall–Kier alpha value is -1.89. The molecule has 1 aromatic rings. The normalized spacial score (nSPS) is 17.1. The number of hydrogen-bond acceptors (Lipinski definition) is 4. The molecule has 2 amide bonds. The lowest BCUT2D eigenvalue weighted by Crippen LogP contribution is -2.48. The molecule has 0 spiro atoms. The Morgan fingerprint density at radius 3 is 2.24 bits per heavy atom. The average Bonchev–Trinajstić information content (AvgIpc) is 2.94. The van der Waals surface area contributed by atoms with Gasteiger partial charge in [0.15, 0.2) is 6.10 Å². The fraction of sp³-hybridized carbons (Fsp3) is 0.591. The molecule has 6 nitrogen and oxygen atoms in total. The van der Waals surface area contributed by atoms with Gasteiger partial charge in [0.05, 0.1) is 5.56 Å². The number of carbonyl (C=O) groups excluding carboxylic acids is 3. The van der Waals surface area contributed by atoms with Crippen LogP contribution in [0.25, 0.3) is 0 Å². The van der Waals surface area contributed by atoms with Gasteiger partial charge in [0, 0.05) is 10.5 Å². The van der Waals surface area contributed by atoms with Gasteiger partial charge in [-0.25, -0.2) is 4.79 Å². The van der Waals surface area contributed by atoms with Gasteiger partial charge >= 0.3 is 5.97 Å². The molecule has 1 aromatic carbocycles. The molecule has 1 aliphatic rings. The second-order valence-corrected chi connectivity index (χ2v) is 8.81. The van der Waals surface area contributed by atoms with Crippen LogP contribution < -0.4 is 10.6 Å². The Labute approximate surface area is 181 Å². The number of benzene rings is 1. The molecule has 0 radical (unpaired) electrons. The van der Waals surface area contributed by atoms with Crippen LogP contribution in [0, 0.1) is 5.92 Å². The van der Waals surface area contributed by atoms with Crippen molar-refractivity contribution < 1.29 is 19.1 Å². The Kier molecular flexibility index (Phi) is 9.14. The number of carbonyl (C=O) groups is 3. The van der Waals surface area contributed by atoms with Crippen molar-refractivity contribution in [3.63, 3.8) is 0 Å². The van der Waals surface area contributed by atoms with E-state index in [2.05, 4.69) is 26.6 Å². The molecule has 160 valence electrons. The summed E-state index contributed by atoms with van der Waals surface area (Å²) in [5, 5.41) is 5.73. The molecule has 0 saturated heterocycles. The van der Waals surface area contributed by atoms with Crippen LogP contribution in [-0.2, 0) is 14.3 Å². The van der Waals surface area contributed by atoms with Gasteiger partial charge in [0.25, 0.3) is 11.8 Å². The summed E-state index contributed by atoms with van der Waals surface area (Å²) in [6.07, 6.45) is 5.62. The number of rotatable bonds is 7. The largest absolute Gasteiger partial charge is 0.451 e. The predicted molar refractivity (Wildman–Crippen MR) is 115 cm³/mol. The number of halogens is 1. The SMILES string of the molecule is CC(OC(=O)C(NC(=O)c1ccccc1Br)C(C)C)C(=O)NC1CCCCCC1. The van der Waals surface area contributed by atoms with Crippen LogP contribution in [0.3, 0.4) is 0 Å². The maximum Gasteiger partial charge on any atom is 0.329 e. The van der Waals surface area contributed by atoms with Gasteiger partial charge in [0.1, 0.15) is 6.04 Å². The van der Waals surface area contributed by atoms with Gasteiger partial charge in [-0.05, 0) is 53.7 Å². The third-order valence-corrected chi connectivity index (χ3v) is 5.88. The molecular formula is C22H31BrN2O4. The van der Waals surface area contributed by atoms with Crippen LogP contribution >= 0.6 is 15.9 Å². The van der Waals surface area contributed by atoms with E-state index in [4.69, 9.17) is 4.74 Å². The van der Waals surface area contributed by atoms with Crippen molar-refractivity contribution in [3.05, 3.63) is 34.3 Å². The minimum Gasteiger partial charge on any atom is -0.451 e. The van der Waals surface area contributed by atoms with Crippen molar-refractivity contribution in [2.75, 3.05) is 0 Å². The van der Waals surface area contributed by atoms with Crippen molar-refractivity contribution in [1.29, 1.82) is 0 Å². The van der Waals surface area contributed by atoms with Crippen LogP contribution in [0.1, 0.15) is 69.7 Å². The molecule has 0 heterocycles. The number of nitrogens with one attached hydrogen (secondary N) is 2. The monoisotopic (exact) mass is 466 g/mol. The highest BCUT2D eigenvalue weighted by Crippen LogP contribution is 2.18. The molecule has 2 N–H and O–H groups in total. The Morgan fingerprint density at radius 1 is 1.03 bits per heavy atom. The van der Waals surface area contributed by atoms with E-state index in [1.54, 1.807) is 25.1 Å². The lowest BCUT2D eigenvalue weighted by molar-refractivity contribution is -0.157. The first-order valence-electron chi connectivity index (χ1n) is 10.4. The standard InChI is InChI=1S/C22H31BrN2O4/c1-14(2)19(25-21(27)17-12-8-9-13-18(17)23)22(28)29-15(3)20(26)24-16-10-6-4-5-7-11-16/h8-9,12-16,19H,4-7,10-11H2,1-3H3,(H,24,26)(H,25,27). The maximum absolute atomic E-state index is 12.7. The van der Waals surface area contributed by atoms with E-state index in [1.165, 1.54) is 12.8 Å². The van der Waals surface area contributed by atoms with Gasteiger partial charge in [0.2, 0.25) is 0 Å². The highest BCUT2D eigenvalue weighted by molar-refractivity contribution is 9.10. The zero-order valence-electron chi connectivity index (χ0n) is 17.4. The molecule has 0 aromatic heterocycles. The molecule has 1 aliphatic carbocycles. The molecule has 0 aliphatic heterocycles. The Bertz CT molecular complexity index is 715. The minimum atomic E-state index is -0.910. The van der Waals surface area contributed by atoms with Gasteiger partial charge in [-0.3, -0.25) is 9.59 Å². The molecule has 0 bridgehead atoms. The first-order valence-corrected chi connectivity index (χ1v) is 11.1. The summed E-state index contributed by atoms with van der Waals surface area (Å²) >= 11 is 3.34. The average molecular weight is 467 g/mol. The van der Waals surface area contributed by atoms with E-state index in [9.17, 15) is 14.4 Å². The summed E-state index contributed by atoms with van der Waals surface area (Å²) in [5.41, 5.74) is 0.435. The fourth-order valence-electron chi connectivity index (χ4n) is 3.41. The molecule has 2 atom stereocenters. The number of hydrogen-bond donors (Lipinski definition) is 2. The molecule has 2 unspecified atom stereocenters. The van der Waals surface area contributed by atoms with Gasteiger partial charge < -0.3 is 15.4 Å². The van der Waals surface area contributed by atoms with Gasteiger partial charge in [-0.15, -0.1) is 0 Å². The number of ether oxygens (including phenoxy) is 1. The quantitative estimate of drug-likeness (QED) is 0.470. The second-order valence-electron chi connectivity index (χ2n) is 7.95. The summed E-state index contributed by atoms with van der Waals surface area (Å²) in [4.78, 5) is 37.7. The number of esters is 1. The summed E-state index contributed by atoms with van der Waals surface area (Å²) in [6.45, 7) is 5.21. The van der Waals surface area contributed by atoms with E-state index < -0.39 is 18.1 Å². The van der Waals surface area contributed by atoms with Gasteiger partial charge in [-0.1, -0.05) is 51.7 Å². The summed E-state index contributed by atoms with van der Waals surface area (Å²) in [7, 11) is 0. The van der Waals surface area contributed by atoms with Crippen LogP contribution in [0.5, 0.6) is 0 Å². The molecule has 7 heteroatoms. The van der Waals surface area contributed by atoms with E-state index in [-0.39, 0.29) is 23.8 Å². The smallest absolute Gasteiger partial charge is 0.329 e. The van der Waals surface area contributed by atoms with Crippen molar-refractivity contribution in [3.8, 4) is 0 Å². The van der Waals surface area contributed by atoms with Crippen molar-refractivity contribution in [2.45, 2.75) is 77.5 Å². The first kappa shape index (κ1) is 23.4. The predicted octanol–water partition coefficient (Wildman–Crippen LogP) is 3.97. The zero-order valence-corrected chi connectivity index (χ0v) is 19.0. The lowest BCUT2D eigenvalue weighted by Gasteiger charge is -2.24. The van der Waals surface area contributed by atoms with Crippen LogP contribution in [-0.4, -0.2) is 36.0 Å². The van der Waals surface area contributed by atoms with Crippen LogP contribution in [0.2, 0.25) is 0 Å². The van der Waals surface area contributed by atoms with Crippen molar-refractivity contribution in [1.82, 2.24) is 10.6 Å². The van der Waals surface area contributed by atoms with E-state index in [1.807, 2.05) is 19.9 Å². The van der Waals surface area contributed by atoms with Crippen molar-refractivity contribution in [2.24, 2.45) is 5.92 Å². The maximum atomic E-state index is 12.7. The zero-order chi connectivity index (χ0) is 21.4. The van der Waals surface area contributed by atoms with Crippen LogP contribution in [0.4, 0.5) is 0 Å². The van der Waals surface area contributed by atoms with Crippen molar-refractivity contribution >= 4 is 33.7 Å². The molecule has 1 saturated carbocycles. The summed E-state index contributed by atoms with van der Waals surface area (Å²) in [6, 6.07) is 6.29. The third-order valence-electron chi connectivity index (χ3n) is 5.19. The minimum absolute atomic E-state index is 0.141. The Morgan fingerprint density at radius 2 is 1.66 bits per heavy atom. The van der Waals surface area contributed by atoms with Gasteiger partial charge in [-0.2, -0.15) is 0 Å². The lowest BCUT2D eigenvalue weighted by atomic mass is 10.0. The van der Waals surface area contributed by atoms with Crippen LogP contribution in [0.15, 0.2) is 28.7 Å². The fourth-order valence-corrected chi connectivity index (χ4v) is 3.87. The molecular weight excluding hydrogens is 436 g/mol. The topological polar surface area (TPSA) is 84.5 Å². The summed E-state index contributed by atoms with van der Waals surface area (Å²) < 4.78 is 6.04. The molecule has 2 rings (SSSR count). The third kappa shape index (κ3) is 7.14. The van der Waals surface area contributed by atoms with E-state index >= 15 is 0 Å². The second kappa shape index (κ2) is 11.3. The highest BCUT2D eigenvalue weighted by atomic mass is 79.9. The summed E-state index contributed by atoms with van der Waals surface area (Å²) in [5.74, 6) is -1.46.